The Morgan fingerprint density at radius 2 is 2.43 bits per heavy atom. The molecular formula is C10H16ClNO2. The fraction of sp³-hybridized carbons (Fsp3) is 0.900. The summed E-state index contributed by atoms with van der Waals surface area (Å²) in [6.07, 6.45) is 3.57. The molecule has 80 valence electrons. The number of amides is 1. The topological polar surface area (TPSA) is 38.3 Å². The molecule has 14 heavy (non-hydrogen) atoms. The second-order valence-corrected chi connectivity index (χ2v) is 4.99. The lowest BCUT2D eigenvalue weighted by Crippen LogP contribution is -2.38. The number of fused-ring (bicyclic) bond motifs is 2. The van der Waals surface area contributed by atoms with E-state index in [0.29, 0.717) is 12.6 Å². The number of alkyl halides is 1. The highest BCUT2D eigenvalue weighted by atomic mass is 35.5. The molecule has 2 aliphatic heterocycles. The molecule has 0 aliphatic carbocycles. The van der Waals surface area contributed by atoms with Crippen molar-refractivity contribution in [2.24, 2.45) is 5.92 Å². The number of hydrogen-bond donors (Lipinski definition) is 1. The van der Waals surface area contributed by atoms with E-state index in [1.165, 1.54) is 0 Å². The lowest BCUT2D eigenvalue weighted by molar-refractivity contribution is -0.126. The Hall–Kier alpha value is -0.280. The van der Waals surface area contributed by atoms with Gasteiger partial charge in [0.25, 0.3) is 0 Å². The molecule has 0 aromatic rings. The third-order valence-corrected chi connectivity index (χ3v) is 3.15. The highest BCUT2D eigenvalue weighted by Gasteiger charge is 2.44. The molecule has 1 amide bonds. The second kappa shape index (κ2) is 4.07. The van der Waals surface area contributed by atoms with Crippen molar-refractivity contribution in [1.29, 1.82) is 0 Å². The quantitative estimate of drug-likeness (QED) is 0.724. The van der Waals surface area contributed by atoms with Gasteiger partial charge in [-0.15, -0.1) is 11.6 Å². The SMILES string of the molecule is CC(Cl)CNC(=O)C1CC2CCC1O2. The largest absolute Gasteiger partial charge is 0.374 e. The zero-order chi connectivity index (χ0) is 10.1. The summed E-state index contributed by atoms with van der Waals surface area (Å²) in [7, 11) is 0. The van der Waals surface area contributed by atoms with Gasteiger partial charge in [-0.05, 0) is 26.2 Å². The highest BCUT2D eigenvalue weighted by Crippen LogP contribution is 2.38. The molecule has 0 aromatic heterocycles. The normalized spacial score (nSPS) is 37.1. The number of halogens is 1. The summed E-state index contributed by atoms with van der Waals surface area (Å²) in [5, 5.41) is 2.86. The van der Waals surface area contributed by atoms with E-state index in [9.17, 15) is 4.79 Å². The highest BCUT2D eigenvalue weighted by molar-refractivity contribution is 6.20. The van der Waals surface area contributed by atoms with Crippen LogP contribution >= 0.6 is 11.6 Å². The van der Waals surface area contributed by atoms with Crippen LogP contribution in [0.3, 0.4) is 0 Å². The number of carbonyl (C=O) groups is 1. The van der Waals surface area contributed by atoms with Gasteiger partial charge in [0.05, 0.1) is 18.1 Å². The van der Waals surface area contributed by atoms with Crippen LogP contribution in [0.15, 0.2) is 0 Å². The van der Waals surface area contributed by atoms with Crippen molar-refractivity contribution >= 4 is 17.5 Å². The standard InChI is InChI=1S/C10H16ClNO2/c1-6(11)5-12-10(13)8-4-7-2-3-9(8)14-7/h6-9H,2-5H2,1H3,(H,12,13). The first-order valence-corrected chi connectivity index (χ1v) is 5.67. The van der Waals surface area contributed by atoms with Crippen molar-refractivity contribution in [3.8, 4) is 0 Å². The molecule has 2 saturated heterocycles. The maximum atomic E-state index is 11.7. The Morgan fingerprint density at radius 3 is 2.93 bits per heavy atom. The van der Waals surface area contributed by atoms with E-state index in [2.05, 4.69) is 5.32 Å². The van der Waals surface area contributed by atoms with Gasteiger partial charge in [0, 0.05) is 11.9 Å². The van der Waals surface area contributed by atoms with Gasteiger partial charge in [0.15, 0.2) is 0 Å². The minimum Gasteiger partial charge on any atom is -0.374 e. The molecule has 3 nitrogen and oxygen atoms in total. The maximum Gasteiger partial charge on any atom is 0.225 e. The first-order chi connectivity index (χ1) is 6.66. The molecule has 2 aliphatic rings. The second-order valence-electron chi connectivity index (χ2n) is 4.24. The molecule has 2 rings (SSSR count). The van der Waals surface area contributed by atoms with Crippen molar-refractivity contribution in [1.82, 2.24) is 5.32 Å². The monoisotopic (exact) mass is 217 g/mol. The third-order valence-electron chi connectivity index (χ3n) is 3.00. The maximum absolute atomic E-state index is 11.7. The van der Waals surface area contributed by atoms with Crippen molar-refractivity contribution in [3.63, 3.8) is 0 Å². The van der Waals surface area contributed by atoms with Crippen LogP contribution in [0.4, 0.5) is 0 Å². The molecule has 0 radical (unpaired) electrons. The third kappa shape index (κ3) is 2.04. The van der Waals surface area contributed by atoms with Crippen LogP contribution in [0.1, 0.15) is 26.2 Å². The van der Waals surface area contributed by atoms with E-state index in [-0.39, 0.29) is 23.3 Å². The van der Waals surface area contributed by atoms with Gasteiger partial charge in [-0.25, -0.2) is 0 Å². The first kappa shape index (κ1) is 10.2. The van der Waals surface area contributed by atoms with Crippen LogP contribution in [0.5, 0.6) is 0 Å². The zero-order valence-corrected chi connectivity index (χ0v) is 9.09. The van der Waals surface area contributed by atoms with Crippen LogP contribution in [-0.2, 0) is 9.53 Å². The summed E-state index contributed by atoms with van der Waals surface area (Å²) in [5.74, 6) is 0.189. The molecule has 2 heterocycles. The van der Waals surface area contributed by atoms with E-state index in [4.69, 9.17) is 16.3 Å². The average molecular weight is 218 g/mol. The van der Waals surface area contributed by atoms with Crippen molar-refractivity contribution in [2.75, 3.05) is 6.54 Å². The summed E-state index contributed by atoms with van der Waals surface area (Å²) < 4.78 is 5.62. The Bertz CT molecular complexity index is 232. The van der Waals surface area contributed by atoms with Crippen LogP contribution < -0.4 is 5.32 Å². The molecule has 4 atom stereocenters. The molecule has 4 heteroatoms. The lowest BCUT2D eigenvalue weighted by Gasteiger charge is -2.18. The molecule has 2 fully saturated rings. The first-order valence-electron chi connectivity index (χ1n) is 5.24. The Labute approximate surface area is 89.1 Å². The average Bonchev–Trinajstić information content (AvgIpc) is 2.74. The lowest BCUT2D eigenvalue weighted by atomic mass is 9.88. The Kier molecular flexibility index (Phi) is 2.98. The van der Waals surface area contributed by atoms with Gasteiger partial charge in [-0.1, -0.05) is 0 Å². The van der Waals surface area contributed by atoms with Gasteiger partial charge in [-0.3, -0.25) is 4.79 Å². The van der Waals surface area contributed by atoms with Crippen molar-refractivity contribution in [3.05, 3.63) is 0 Å². The summed E-state index contributed by atoms with van der Waals surface area (Å²) in [6, 6.07) is 0. The zero-order valence-electron chi connectivity index (χ0n) is 8.33. The summed E-state index contributed by atoms with van der Waals surface area (Å²) >= 11 is 5.76. The van der Waals surface area contributed by atoms with Gasteiger partial charge < -0.3 is 10.1 Å². The predicted octanol–water partition coefficient (Wildman–Crippen LogP) is 1.30. The van der Waals surface area contributed by atoms with Crippen LogP contribution in [-0.4, -0.2) is 30.0 Å². The smallest absolute Gasteiger partial charge is 0.225 e. The van der Waals surface area contributed by atoms with Crippen LogP contribution in [0, 0.1) is 5.92 Å². The number of hydrogen-bond acceptors (Lipinski definition) is 2. The number of ether oxygens (including phenoxy) is 1. The fourth-order valence-corrected chi connectivity index (χ4v) is 2.36. The van der Waals surface area contributed by atoms with E-state index in [0.717, 1.165) is 19.3 Å². The summed E-state index contributed by atoms with van der Waals surface area (Å²) in [4.78, 5) is 11.7. The van der Waals surface area contributed by atoms with Gasteiger partial charge >= 0.3 is 0 Å². The van der Waals surface area contributed by atoms with Crippen molar-refractivity contribution < 1.29 is 9.53 Å². The Morgan fingerprint density at radius 1 is 1.64 bits per heavy atom. The molecule has 4 unspecified atom stereocenters. The molecule has 0 saturated carbocycles. The van der Waals surface area contributed by atoms with Gasteiger partial charge in [0.2, 0.25) is 5.91 Å². The number of carbonyl (C=O) groups excluding carboxylic acids is 1. The minimum absolute atomic E-state index is 0.00143. The predicted molar refractivity (Wildman–Crippen MR) is 54.3 cm³/mol. The Balaban J connectivity index is 1.81. The van der Waals surface area contributed by atoms with E-state index in [1.54, 1.807) is 0 Å². The van der Waals surface area contributed by atoms with Crippen LogP contribution in [0.2, 0.25) is 0 Å². The number of nitrogens with one attached hydrogen (secondary N) is 1. The van der Waals surface area contributed by atoms with Crippen molar-refractivity contribution in [2.45, 2.75) is 43.8 Å². The van der Waals surface area contributed by atoms with E-state index >= 15 is 0 Å². The minimum atomic E-state index is -0.00143. The summed E-state index contributed by atoms with van der Waals surface area (Å²) in [6.45, 7) is 2.42. The molecule has 1 N–H and O–H groups in total. The van der Waals surface area contributed by atoms with Gasteiger partial charge in [0.1, 0.15) is 0 Å². The molecule has 0 aromatic carbocycles. The van der Waals surface area contributed by atoms with E-state index in [1.807, 2.05) is 6.92 Å². The van der Waals surface area contributed by atoms with Crippen LogP contribution in [0.25, 0.3) is 0 Å². The number of rotatable bonds is 3. The summed E-state index contributed by atoms with van der Waals surface area (Å²) in [5.41, 5.74) is 0. The fourth-order valence-electron chi connectivity index (χ4n) is 2.29. The molecule has 0 spiro atoms. The molecular weight excluding hydrogens is 202 g/mol. The van der Waals surface area contributed by atoms with Gasteiger partial charge in [-0.2, -0.15) is 0 Å². The van der Waals surface area contributed by atoms with E-state index < -0.39 is 0 Å². The molecule has 2 bridgehead atoms.